The molecule has 2 aromatic rings. The van der Waals surface area contributed by atoms with Crippen molar-refractivity contribution in [3.63, 3.8) is 0 Å². The smallest absolute Gasteiger partial charge is 0.230 e. The quantitative estimate of drug-likeness (QED) is 0.858. The molecular weight excluding hydrogens is 252 g/mol. The molecule has 0 unspecified atom stereocenters. The molecule has 0 atom stereocenters. The largest absolute Gasteiger partial charge is 0.492 e. The number of hydrogen-bond acceptors (Lipinski definition) is 6. The van der Waals surface area contributed by atoms with Gasteiger partial charge in [-0.25, -0.2) is 0 Å². The lowest BCUT2D eigenvalue weighted by Crippen LogP contribution is -1.96. The molecule has 0 amide bonds. The zero-order chi connectivity index (χ0) is 13.1. The van der Waals surface area contributed by atoms with Gasteiger partial charge in [-0.2, -0.15) is 0 Å². The van der Waals surface area contributed by atoms with E-state index in [1.807, 2.05) is 18.4 Å². The van der Waals surface area contributed by atoms with Gasteiger partial charge in [0.1, 0.15) is 0 Å². The Morgan fingerprint density at radius 1 is 1.17 bits per heavy atom. The summed E-state index contributed by atoms with van der Waals surface area (Å²) in [5, 5.41) is 3.67. The second kappa shape index (κ2) is 5.22. The molecule has 0 aliphatic heterocycles. The monoisotopic (exact) mass is 266 g/mol. The SMILES string of the molecule is COc1c(SC)ccc(-c2cnoc2N)c1OC. The molecule has 0 radical (unpaired) electrons. The summed E-state index contributed by atoms with van der Waals surface area (Å²) in [6.45, 7) is 0. The zero-order valence-electron chi connectivity index (χ0n) is 10.4. The summed E-state index contributed by atoms with van der Waals surface area (Å²) in [6.07, 6.45) is 3.54. The Bertz CT molecular complexity index is 554. The van der Waals surface area contributed by atoms with Crippen LogP contribution in [0.4, 0.5) is 5.88 Å². The van der Waals surface area contributed by atoms with E-state index in [-0.39, 0.29) is 5.88 Å². The van der Waals surface area contributed by atoms with Crippen LogP contribution >= 0.6 is 11.8 Å². The molecule has 2 N–H and O–H groups in total. The number of methoxy groups -OCH3 is 2. The summed E-state index contributed by atoms with van der Waals surface area (Å²) < 4.78 is 15.7. The standard InChI is InChI=1S/C12H14N2O3S/c1-15-10-7(8-6-14-17-12(8)13)4-5-9(18-3)11(10)16-2/h4-6H,13H2,1-3H3. The van der Waals surface area contributed by atoms with Crippen molar-refractivity contribution in [2.45, 2.75) is 4.90 Å². The van der Waals surface area contributed by atoms with E-state index in [0.717, 1.165) is 10.5 Å². The van der Waals surface area contributed by atoms with Gasteiger partial charge in [-0.05, 0) is 18.4 Å². The summed E-state index contributed by atoms with van der Waals surface area (Å²) in [7, 11) is 3.20. The normalized spacial score (nSPS) is 10.4. The molecule has 0 saturated heterocycles. The van der Waals surface area contributed by atoms with E-state index in [0.29, 0.717) is 17.1 Å². The van der Waals surface area contributed by atoms with Gasteiger partial charge in [0.15, 0.2) is 11.5 Å². The third-order valence-corrected chi connectivity index (χ3v) is 3.35. The van der Waals surface area contributed by atoms with Gasteiger partial charge >= 0.3 is 0 Å². The number of hydrogen-bond donors (Lipinski definition) is 1. The molecule has 5 nitrogen and oxygen atoms in total. The highest BCUT2D eigenvalue weighted by Crippen LogP contribution is 2.44. The molecule has 0 aliphatic rings. The number of nitrogens with two attached hydrogens (primary N) is 1. The molecule has 6 heteroatoms. The zero-order valence-corrected chi connectivity index (χ0v) is 11.2. The first-order chi connectivity index (χ1) is 8.72. The first kappa shape index (κ1) is 12.6. The summed E-state index contributed by atoms with van der Waals surface area (Å²) in [4.78, 5) is 0.994. The lowest BCUT2D eigenvalue weighted by Gasteiger charge is -2.14. The first-order valence-corrected chi connectivity index (χ1v) is 6.44. The maximum Gasteiger partial charge on any atom is 0.230 e. The number of thioether (sulfide) groups is 1. The molecule has 0 fully saturated rings. The first-order valence-electron chi connectivity index (χ1n) is 5.22. The minimum Gasteiger partial charge on any atom is -0.492 e. The molecule has 1 aromatic carbocycles. The van der Waals surface area contributed by atoms with Crippen LogP contribution < -0.4 is 15.2 Å². The molecule has 1 aromatic heterocycles. The van der Waals surface area contributed by atoms with Gasteiger partial charge in [0.25, 0.3) is 0 Å². The van der Waals surface area contributed by atoms with E-state index >= 15 is 0 Å². The van der Waals surface area contributed by atoms with Crippen molar-refractivity contribution in [2.75, 3.05) is 26.2 Å². The van der Waals surface area contributed by atoms with Crippen LogP contribution in [0.2, 0.25) is 0 Å². The number of anilines is 1. The summed E-state index contributed by atoms with van der Waals surface area (Å²) in [5.74, 6) is 1.56. The molecule has 18 heavy (non-hydrogen) atoms. The fraction of sp³-hybridized carbons (Fsp3) is 0.250. The third kappa shape index (κ3) is 1.99. The van der Waals surface area contributed by atoms with Gasteiger partial charge in [0.05, 0.1) is 30.9 Å². The average Bonchev–Trinajstić information content (AvgIpc) is 2.82. The predicted molar refractivity (Wildman–Crippen MR) is 71.2 cm³/mol. The van der Waals surface area contributed by atoms with Crippen LogP contribution in [-0.4, -0.2) is 25.6 Å². The van der Waals surface area contributed by atoms with Crippen LogP contribution in [0.3, 0.4) is 0 Å². The number of benzene rings is 1. The maximum absolute atomic E-state index is 5.73. The Balaban J connectivity index is 2.66. The topological polar surface area (TPSA) is 70.5 Å². The van der Waals surface area contributed by atoms with E-state index < -0.39 is 0 Å². The summed E-state index contributed by atoms with van der Waals surface area (Å²) in [5.41, 5.74) is 7.22. The van der Waals surface area contributed by atoms with Crippen molar-refractivity contribution < 1.29 is 14.0 Å². The Morgan fingerprint density at radius 3 is 2.39 bits per heavy atom. The van der Waals surface area contributed by atoms with E-state index in [1.54, 1.807) is 32.2 Å². The third-order valence-electron chi connectivity index (χ3n) is 2.59. The summed E-state index contributed by atoms with van der Waals surface area (Å²) >= 11 is 1.58. The highest BCUT2D eigenvalue weighted by atomic mass is 32.2. The Labute approximate surface area is 109 Å². The van der Waals surface area contributed by atoms with E-state index in [1.165, 1.54) is 0 Å². The van der Waals surface area contributed by atoms with Gasteiger partial charge in [-0.3, -0.25) is 0 Å². The molecule has 0 saturated carbocycles. The van der Waals surface area contributed by atoms with Crippen molar-refractivity contribution in [2.24, 2.45) is 0 Å². The van der Waals surface area contributed by atoms with Crippen LogP contribution in [0.25, 0.3) is 11.1 Å². The lowest BCUT2D eigenvalue weighted by atomic mass is 10.1. The Kier molecular flexibility index (Phi) is 3.66. The van der Waals surface area contributed by atoms with Crippen molar-refractivity contribution in [3.8, 4) is 22.6 Å². The Hall–Kier alpha value is -1.82. The number of nitrogens with zero attached hydrogens (tertiary/aromatic N) is 1. The van der Waals surface area contributed by atoms with Crippen LogP contribution in [0, 0.1) is 0 Å². The number of rotatable bonds is 4. The van der Waals surface area contributed by atoms with Crippen molar-refractivity contribution >= 4 is 17.6 Å². The van der Waals surface area contributed by atoms with E-state index in [4.69, 9.17) is 19.7 Å². The molecule has 2 rings (SSSR count). The number of ether oxygens (including phenoxy) is 2. The van der Waals surface area contributed by atoms with Crippen LogP contribution in [-0.2, 0) is 0 Å². The van der Waals surface area contributed by atoms with Crippen LogP contribution in [0.15, 0.2) is 27.7 Å². The number of aromatic nitrogens is 1. The second-order valence-electron chi connectivity index (χ2n) is 3.49. The fourth-order valence-electron chi connectivity index (χ4n) is 1.76. The molecular formula is C12H14N2O3S. The van der Waals surface area contributed by atoms with Gasteiger partial charge in [-0.15, -0.1) is 11.8 Å². The molecule has 0 spiro atoms. The van der Waals surface area contributed by atoms with Crippen LogP contribution in [0.5, 0.6) is 11.5 Å². The van der Waals surface area contributed by atoms with Crippen molar-refractivity contribution in [1.29, 1.82) is 0 Å². The van der Waals surface area contributed by atoms with Gasteiger partial charge in [0.2, 0.25) is 5.88 Å². The van der Waals surface area contributed by atoms with Gasteiger partial charge in [0, 0.05) is 5.56 Å². The van der Waals surface area contributed by atoms with Gasteiger partial charge < -0.3 is 19.7 Å². The highest BCUT2D eigenvalue weighted by Gasteiger charge is 2.19. The minimum absolute atomic E-state index is 0.257. The summed E-state index contributed by atoms with van der Waals surface area (Å²) in [6, 6.07) is 3.86. The average molecular weight is 266 g/mol. The second-order valence-corrected chi connectivity index (χ2v) is 4.33. The van der Waals surface area contributed by atoms with E-state index in [2.05, 4.69) is 5.16 Å². The van der Waals surface area contributed by atoms with Gasteiger partial charge in [-0.1, -0.05) is 5.16 Å². The van der Waals surface area contributed by atoms with Crippen molar-refractivity contribution in [1.82, 2.24) is 5.16 Å². The maximum atomic E-state index is 5.73. The fourth-order valence-corrected chi connectivity index (χ4v) is 2.33. The highest BCUT2D eigenvalue weighted by molar-refractivity contribution is 7.98. The molecule has 0 aliphatic carbocycles. The minimum atomic E-state index is 0.257. The van der Waals surface area contributed by atoms with Crippen molar-refractivity contribution in [3.05, 3.63) is 18.3 Å². The molecule has 1 heterocycles. The van der Waals surface area contributed by atoms with Crippen LogP contribution in [0.1, 0.15) is 0 Å². The lowest BCUT2D eigenvalue weighted by molar-refractivity contribution is 0.349. The molecule has 96 valence electrons. The Morgan fingerprint density at radius 2 is 1.89 bits per heavy atom. The number of nitrogen functional groups attached to an aromatic ring is 1. The predicted octanol–water partition coefficient (Wildman–Crippen LogP) is 2.66. The van der Waals surface area contributed by atoms with E-state index in [9.17, 15) is 0 Å². The molecule has 0 bridgehead atoms.